The van der Waals surface area contributed by atoms with Crippen LogP contribution in [0.1, 0.15) is 44.5 Å². The molecule has 0 spiro atoms. The lowest BCUT2D eigenvalue weighted by atomic mass is 9.90. The van der Waals surface area contributed by atoms with Crippen molar-refractivity contribution in [2.45, 2.75) is 0 Å². The fourth-order valence-electron chi connectivity index (χ4n) is 9.89. The Labute approximate surface area is 373 Å². The van der Waals surface area contributed by atoms with E-state index in [0.717, 1.165) is 50.3 Å². The minimum Gasteiger partial charge on any atom is -0.248 e. The summed E-state index contributed by atoms with van der Waals surface area (Å²) in [4.78, 5) is 5.59. The molecule has 1 aromatic heterocycles. The highest BCUT2D eigenvalue weighted by molar-refractivity contribution is 6.14. The second-order valence-corrected chi connectivity index (χ2v) is 16.6. The van der Waals surface area contributed by atoms with Gasteiger partial charge in [-0.15, -0.1) is 12.8 Å². The topological polar surface area (TPSA) is 12.9 Å². The Bertz CT molecular complexity index is 3510. The number of benzene rings is 9. The first kappa shape index (κ1) is 37.0. The van der Waals surface area contributed by atoms with Crippen molar-refractivity contribution >= 4 is 44.8 Å². The summed E-state index contributed by atoms with van der Waals surface area (Å²) in [7, 11) is 0. The molecule has 0 N–H and O–H groups in total. The van der Waals surface area contributed by atoms with Gasteiger partial charge in [-0.1, -0.05) is 157 Å². The highest BCUT2D eigenvalue weighted by atomic mass is 14.7. The van der Waals surface area contributed by atoms with Crippen molar-refractivity contribution in [2.24, 2.45) is 0 Å². The van der Waals surface area contributed by atoms with Crippen molar-refractivity contribution in [2.75, 3.05) is 0 Å². The van der Waals surface area contributed by atoms with Crippen LogP contribution in [0.15, 0.2) is 200 Å². The van der Waals surface area contributed by atoms with Gasteiger partial charge < -0.3 is 0 Å². The van der Waals surface area contributed by atoms with E-state index in [4.69, 9.17) is 17.8 Å². The van der Waals surface area contributed by atoms with Gasteiger partial charge >= 0.3 is 0 Å². The van der Waals surface area contributed by atoms with Crippen LogP contribution in [0, 0.1) is 24.7 Å². The Hall–Kier alpha value is -8.75. The number of pyridine rings is 1. The van der Waals surface area contributed by atoms with Gasteiger partial charge in [0.05, 0.1) is 11.4 Å². The van der Waals surface area contributed by atoms with E-state index in [2.05, 4.69) is 200 Å². The molecule has 1 nitrogen and oxygen atoms in total. The molecule has 1 heteroatoms. The molecule has 0 bridgehead atoms. The fourth-order valence-corrected chi connectivity index (χ4v) is 9.89. The number of hydrogen-bond donors (Lipinski definition) is 0. The lowest BCUT2D eigenvalue weighted by Crippen LogP contribution is -1.94. The Morgan fingerprint density at radius 3 is 1.27 bits per heavy atom. The summed E-state index contributed by atoms with van der Waals surface area (Å²) in [5, 5.41) is 4.82. The van der Waals surface area contributed by atoms with Crippen LogP contribution in [0.3, 0.4) is 0 Å². The molecular formula is C63H37N. The van der Waals surface area contributed by atoms with Crippen molar-refractivity contribution < 1.29 is 0 Å². The Morgan fingerprint density at radius 1 is 0.344 bits per heavy atom. The van der Waals surface area contributed by atoms with Gasteiger partial charge in [-0.25, -0.2) is 4.98 Å². The quantitative estimate of drug-likeness (QED) is 0.125. The van der Waals surface area contributed by atoms with Crippen LogP contribution in [0.4, 0.5) is 0 Å². The van der Waals surface area contributed by atoms with E-state index in [0.29, 0.717) is 0 Å². The van der Waals surface area contributed by atoms with Gasteiger partial charge in [0, 0.05) is 22.3 Å². The Kier molecular flexibility index (Phi) is 8.69. The van der Waals surface area contributed by atoms with Crippen LogP contribution in [0.25, 0.3) is 101 Å². The van der Waals surface area contributed by atoms with Crippen LogP contribution in [0.5, 0.6) is 0 Å². The normalized spacial score (nSPS) is 13.3. The SMILES string of the molecule is C#Cc1cccc(/C=C2\c3ccccc3-c3ccc(-c4cc(-c5c6ccccc6cc6ccccc56)cc(-c5ccc6c(c5)/C(=C/c5cccc(C#C)c5)c5ccccc5-6)n4)cc32)c1. The molecular weight excluding hydrogens is 771 g/mol. The summed E-state index contributed by atoms with van der Waals surface area (Å²) in [5.41, 5.74) is 22.0. The monoisotopic (exact) mass is 807 g/mol. The van der Waals surface area contributed by atoms with Crippen LogP contribution in [-0.4, -0.2) is 4.98 Å². The molecule has 0 aliphatic heterocycles. The molecule has 0 fully saturated rings. The van der Waals surface area contributed by atoms with Gasteiger partial charge in [-0.2, -0.15) is 0 Å². The minimum absolute atomic E-state index is 0.861. The first-order chi connectivity index (χ1) is 31.6. The summed E-state index contributed by atoms with van der Waals surface area (Å²) in [5.74, 6) is 5.62. The van der Waals surface area contributed by atoms with E-state index < -0.39 is 0 Å². The highest BCUT2D eigenvalue weighted by Gasteiger charge is 2.26. The molecule has 2 aliphatic rings. The zero-order valence-electron chi connectivity index (χ0n) is 34.8. The van der Waals surface area contributed by atoms with Gasteiger partial charge in [-0.05, 0) is 166 Å². The lowest BCUT2D eigenvalue weighted by Gasteiger charge is -2.16. The van der Waals surface area contributed by atoms with E-state index in [9.17, 15) is 0 Å². The molecule has 2 aliphatic carbocycles. The molecule has 64 heavy (non-hydrogen) atoms. The van der Waals surface area contributed by atoms with Crippen molar-refractivity contribution in [3.63, 3.8) is 0 Å². The van der Waals surface area contributed by atoms with Crippen molar-refractivity contribution in [3.05, 3.63) is 245 Å². The Balaban J connectivity index is 1.08. The third kappa shape index (κ3) is 6.19. The average molecular weight is 808 g/mol. The number of aromatic nitrogens is 1. The van der Waals surface area contributed by atoms with Crippen LogP contribution >= 0.6 is 0 Å². The first-order valence-electron chi connectivity index (χ1n) is 21.6. The van der Waals surface area contributed by atoms with Gasteiger partial charge in [-0.3, -0.25) is 0 Å². The van der Waals surface area contributed by atoms with Crippen LogP contribution < -0.4 is 0 Å². The highest BCUT2D eigenvalue weighted by Crippen LogP contribution is 2.49. The number of terminal acetylenes is 2. The maximum absolute atomic E-state index is 5.84. The number of hydrogen-bond acceptors (Lipinski definition) is 1. The van der Waals surface area contributed by atoms with Gasteiger partial charge in [0.1, 0.15) is 0 Å². The number of nitrogens with zero attached hydrogens (tertiary/aromatic N) is 1. The molecule has 0 radical (unpaired) electrons. The minimum atomic E-state index is 0.861. The van der Waals surface area contributed by atoms with Crippen LogP contribution in [-0.2, 0) is 0 Å². The molecule has 9 aromatic carbocycles. The molecule has 294 valence electrons. The van der Waals surface area contributed by atoms with Gasteiger partial charge in [0.25, 0.3) is 0 Å². The summed E-state index contributed by atoms with van der Waals surface area (Å²) in [6, 6.07) is 71.7. The van der Waals surface area contributed by atoms with Gasteiger partial charge in [0.15, 0.2) is 0 Å². The summed E-state index contributed by atoms with van der Waals surface area (Å²) < 4.78 is 0. The predicted octanol–water partition coefficient (Wildman–Crippen LogP) is 15.5. The van der Waals surface area contributed by atoms with E-state index >= 15 is 0 Å². The van der Waals surface area contributed by atoms with E-state index in [1.807, 2.05) is 24.3 Å². The molecule has 0 atom stereocenters. The molecule has 0 saturated carbocycles. The second-order valence-electron chi connectivity index (χ2n) is 16.6. The summed E-state index contributed by atoms with van der Waals surface area (Å²) >= 11 is 0. The molecule has 12 rings (SSSR count). The van der Waals surface area contributed by atoms with E-state index in [1.165, 1.54) is 82.8 Å². The predicted molar refractivity (Wildman–Crippen MR) is 269 cm³/mol. The largest absolute Gasteiger partial charge is 0.248 e. The smallest absolute Gasteiger partial charge is 0.0715 e. The number of fused-ring (bicyclic) bond motifs is 8. The van der Waals surface area contributed by atoms with Crippen molar-refractivity contribution in [1.82, 2.24) is 4.98 Å². The van der Waals surface area contributed by atoms with E-state index in [1.54, 1.807) is 0 Å². The van der Waals surface area contributed by atoms with Crippen LogP contribution in [0.2, 0.25) is 0 Å². The molecule has 0 unspecified atom stereocenters. The summed E-state index contributed by atoms with van der Waals surface area (Å²) in [6.07, 6.45) is 16.2. The van der Waals surface area contributed by atoms with Gasteiger partial charge in [0.2, 0.25) is 0 Å². The third-order valence-corrected chi connectivity index (χ3v) is 12.8. The zero-order valence-corrected chi connectivity index (χ0v) is 34.8. The standard InChI is InChI=1S/C63H37N/c1-3-40-15-13-17-42(31-40)33-57-53-25-11-9-23-51(53)55-29-27-46(36-59(55)57)61-38-48(63-49-21-7-5-19-44(49)35-45-20-6-8-22-50(45)63)39-62(64-61)47-28-30-56-52-24-10-12-26-54(52)58(60(56)37-47)34-43-18-14-16-41(4-2)32-43/h1-2,5-39H/b57-33+,58-34+. The van der Waals surface area contributed by atoms with E-state index in [-0.39, 0.29) is 0 Å². The Morgan fingerprint density at radius 2 is 0.781 bits per heavy atom. The average Bonchev–Trinajstić information content (AvgIpc) is 3.83. The fraction of sp³-hybridized carbons (Fsp3) is 0. The molecule has 10 aromatic rings. The lowest BCUT2D eigenvalue weighted by molar-refractivity contribution is 1.32. The molecule has 0 saturated heterocycles. The summed E-state index contributed by atoms with van der Waals surface area (Å²) in [6.45, 7) is 0. The molecule has 1 heterocycles. The van der Waals surface area contributed by atoms with Crippen molar-refractivity contribution in [3.8, 4) is 80.6 Å². The maximum Gasteiger partial charge on any atom is 0.0715 e. The second kappa shape index (κ2) is 15.0. The zero-order chi connectivity index (χ0) is 42.7. The molecule has 0 amide bonds. The maximum atomic E-state index is 5.84. The van der Waals surface area contributed by atoms with Crippen molar-refractivity contribution in [1.29, 1.82) is 0 Å². The number of rotatable bonds is 5. The first-order valence-corrected chi connectivity index (χ1v) is 21.6. The third-order valence-electron chi connectivity index (χ3n) is 12.8.